The zero-order valence-electron chi connectivity index (χ0n) is 16.1. The van der Waals surface area contributed by atoms with Crippen LogP contribution < -0.4 is 10.6 Å². The standard InChI is InChI=1S/C22H22N4O2S/c1-13-2-3-15-7-16(5-4-14(15)6-13)21(28)24-17-9-22(10-17)11-19(22)25-20(27)8-18-12-23-26-29-18/h2-7,12,17,19H,8-11H2,1H3,(H,24,28)(H,25,27). The number of carbonyl (C=O) groups excluding carboxylic acids is 2. The average Bonchev–Trinajstić information content (AvgIpc) is 3.12. The highest BCUT2D eigenvalue weighted by Crippen LogP contribution is 2.60. The number of nitrogens with zero attached hydrogens (tertiary/aromatic N) is 2. The Kier molecular flexibility index (Phi) is 4.35. The molecular formula is C22H22N4O2S. The summed E-state index contributed by atoms with van der Waals surface area (Å²) in [5.74, 6) is 0.00284. The summed E-state index contributed by atoms with van der Waals surface area (Å²) in [5, 5.41) is 12.2. The third kappa shape index (κ3) is 3.62. The molecule has 7 heteroatoms. The van der Waals surface area contributed by atoms with Crippen LogP contribution in [0.15, 0.2) is 42.6 Å². The highest BCUT2D eigenvalue weighted by Gasteiger charge is 2.62. The maximum Gasteiger partial charge on any atom is 0.251 e. The molecule has 2 saturated carbocycles. The van der Waals surface area contributed by atoms with Gasteiger partial charge in [0.1, 0.15) is 0 Å². The van der Waals surface area contributed by atoms with E-state index >= 15 is 0 Å². The molecule has 6 nitrogen and oxygen atoms in total. The summed E-state index contributed by atoms with van der Waals surface area (Å²) in [7, 11) is 0. The predicted octanol–water partition coefficient (Wildman–Crippen LogP) is 3.01. The smallest absolute Gasteiger partial charge is 0.251 e. The largest absolute Gasteiger partial charge is 0.352 e. The van der Waals surface area contributed by atoms with Gasteiger partial charge in [-0.2, -0.15) is 0 Å². The zero-order chi connectivity index (χ0) is 20.0. The summed E-state index contributed by atoms with van der Waals surface area (Å²) < 4.78 is 3.78. The molecule has 1 atom stereocenters. The van der Waals surface area contributed by atoms with Crippen LogP contribution in [0.3, 0.4) is 0 Å². The van der Waals surface area contributed by atoms with Crippen molar-refractivity contribution in [3.63, 3.8) is 0 Å². The molecule has 2 aliphatic rings. The molecule has 148 valence electrons. The zero-order valence-corrected chi connectivity index (χ0v) is 17.0. The van der Waals surface area contributed by atoms with E-state index in [0.29, 0.717) is 12.0 Å². The summed E-state index contributed by atoms with van der Waals surface area (Å²) in [6, 6.07) is 12.5. The summed E-state index contributed by atoms with van der Waals surface area (Å²) in [6.45, 7) is 2.07. The minimum absolute atomic E-state index is 0.0220. The van der Waals surface area contributed by atoms with Crippen LogP contribution in [-0.4, -0.2) is 33.5 Å². The molecule has 1 aromatic heterocycles. The molecule has 2 aromatic carbocycles. The van der Waals surface area contributed by atoms with Crippen molar-refractivity contribution < 1.29 is 9.59 Å². The summed E-state index contributed by atoms with van der Waals surface area (Å²) >= 11 is 1.26. The van der Waals surface area contributed by atoms with Crippen LogP contribution >= 0.6 is 11.5 Å². The van der Waals surface area contributed by atoms with Crippen LogP contribution in [0.2, 0.25) is 0 Å². The van der Waals surface area contributed by atoms with Crippen molar-refractivity contribution in [3.8, 4) is 0 Å². The van der Waals surface area contributed by atoms with E-state index in [1.165, 1.54) is 17.1 Å². The first-order valence-electron chi connectivity index (χ1n) is 9.88. The van der Waals surface area contributed by atoms with E-state index in [1.807, 2.05) is 18.2 Å². The van der Waals surface area contributed by atoms with E-state index < -0.39 is 0 Å². The van der Waals surface area contributed by atoms with Crippen LogP contribution in [0.4, 0.5) is 0 Å². The molecule has 0 bridgehead atoms. The SMILES string of the molecule is Cc1ccc2cc(C(=O)NC3CC4(C3)CC4NC(=O)Cc3cnns3)ccc2c1. The summed E-state index contributed by atoms with van der Waals surface area (Å²) in [6.07, 6.45) is 4.83. The van der Waals surface area contributed by atoms with Crippen molar-refractivity contribution in [1.82, 2.24) is 20.2 Å². The fourth-order valence-electron chi connectivity index (χ4n) is 4.47. The number of benzene rings is 2. The summed E-state index contributed by atoms with van der Waals surface area (Å²) in [5.41, 5.74) is 2.09. The third-order valence-electron chi connectivity index (χ3n) is 6.17. The van der Waals surface area contributed by atoms with Crippen LogP contribution in [0, 0.1) is 12.3 Å². The quantitative estimate of drug-likeness (QED) is 0.682. The Labute approximate surface area is 172 Å². The van der Waals surface area contributed by atoms with Crippen molar-refractivity contribution in [1.29, 1.82) is 0 Å². The molecule has 0 radical (unpaired) electrons. The van der Waals surface area contributed by atoms with E-state index in [0.717, 1.165) is 34.9 Å². The fourth-order valence-corrected chi connectivity index (χ4v) is 4.96. The Morgan fingerprint density at radius 2 is 1.90 bits per heavy atom. The van der Waals surface area contributed by atoms with Crippen molar-refractivity contribution in [2.75, 3.05) is 0 Å². The number of hydrogen-bond donors (Lipinski definition) is 2. The van der Waals surface area contributed by atoms with Gasteiger partial charge in [-0.1, -0.05) is 34.3 Å². The van der Waals surface area contributed by atoms with E-state index in [9.17, 15) is 9.59 Å². The Morgan fingerprint density at radius 1 is 1.10 bits per heavy atom. The number of aromatic nitrogens is 2. The number of fused-ring (bicyclic) bond motifs is 1. The van der Waals surface area contributed by atoms with Crippen LogP contribution in [-0.2, 0) is 11.2 Å². The van der Waals surface area contributed by atoms with E-state index in [2.05, 4.69) is 45.3 Å². The van der Waals surface area contributed by atoms with Crippen LogP contribution in [0.1, 0.15) is 40.1 Å². The molecule has 2 N–H and O–H groups in total. The molecule has 2 aliphatic carbocycles. The molecule has 5 rings (SSSR count). The maximum atomic E-state index is 12.6. The van der Waals surface area contributed by atoms with E-state index in [4.69, 9.17) is 0 Å². The first-order valence-corrected chi connectivity index (χ1v) is 10.6. The van der Waals surface area contributed by atoms with Crippen LogP contribution in [0.25, 0.3) is 10.8 Å². The minimum Gasteiger partial charge on any atom is -0.352 e. The Morgan fingerprint density at radius 3 is 2.69 bits per heavy atom. The number of rotatable bonds is 5. The first-order chi connectivity index (χ1) is 14.0. The monoisotopic (exact) mass is 406 g/mol. The second-order valence-electron chi connectivity index (χ2n) is 8.39. The molecule has 29 heavy (non-hydrogen) atoms. The van der Waals surface area contributed by atoms with Crippen molar-refractivity contribution in [2.45, 2.75) is 44.7 Å². The van der Waals surface area contributed by atoms with Gasteiger partial charge in [-0.3, -0.25) is 9.59 Å². The highest BCUT2D eigenvalue weighted by atomic mass is 32.1. The van der Waals surface area contributed by atoms with Gasteiger partial charge in [-0.15, -0.1) is 5.10 Å². The maximum absolute atomic E-state index is 12.6. The van der Waals surface area contributed by atoms with Gasteiger partial charge in [0, 0.05) is 17.6 Å². The third-order valence-corrected chi connectivity index (χ3v) is 6.83. The van der Waals surface area contributed by atoms with Gasteiger partial charge in [0.2, 0.25) is 5.91 Å². The van der Waals surface area contributed by atoms with Gasteiger partial charge in [0.05, 0.1) is 17.5 Å². The molecule has 1 heterocycles. The fraction of sp³-hybridized carbons (Fsp3) is 0.364. The lowest BCUT2D eigenvalue weighted by Gasteiger charge is -2.37. The molecular weight excluding hydrogens is 384 g/mol. The number of aryl methyl sites for hydroxylation is 1. The lowest BCUT2D eigenvalue weighted by molar-refractivity contribution is -0.120. The Hall–Kier alpha value is -2.80. The molecule has 2 amide bonds. The summed E-state index contributed by atoms with van der Waals surface area (Å²) in [4.78, 5) is 25.6. The lowest BCUT2D eigenvalue weighted by atomic mass is 9.76. The molecule has 0 saturated heterocycles. The molecule has 1 spiro atoms. The number of amides is 2. The first kappa shape index (κ1) is 18.2. The average molecular weight is 407 g/mol. The van der Waals surface area contributed by atoms with Gasteiger partial charge in [-0.05, 0) is 66.0 Å². The Balaban J connectivity index is 1.13. The van der Waals surface area contributed by atoms with Gasteiger partial charge < -0.3 is 10.6 Å². The Bertz CT molecular complexity index is 1090. The molecule has 3 aromatic rings. The second-order valence-corrected chi connectivity index (χ2v) is 9.26. The highest BCUT2D eigenvalue weighted by molar-refractivity contribution is 7.05. The second kappa shape index (κ2) is 6.91. The van der Waals surface area contributed by atoms with Gasteiger partial charge in [0.15, 0.2) is 0 Å². The topological polar surface area (TPSA) is 84.0 Å². The lowest BCUT2D eigenvalue weighted by Crippen LogP contribution is -2.48. The molecule has 0 aliphatic heterocycles. The van der Waals surface area contributed by atoms with E-state index in [1.54, 1.807) is 6.20 Å². The minimum atomic E-state index is -0.0220. The van der Waals surface area contributed by atoms with Crippen molar-refractivity contribution in [2.24, 2.45) is 5.41 Å². The van der Waals surface area contributed by atoms with Crippen molar-refractivity contribution in [3.05, 3.63) is 58.6 Å². The van der Waals surface area contributed by atoms with Gasteiger partial charge >= 0.3 is 0 Å². The van der Waals surface area contributed by atoms with Gasteiger partial charge in [-0.25, -0.2) is 0 Å². The van der Waals surface area contributed by atoms with Crippen molar-refractivity contribution >= 4 is 34.1 Å². The predicted molar refractivity (Wildman–Crippen MR) is 112 cm³/mol. The molecule has 1 unspecified atom stereocenters. The van der Waals surface area contributed by atoms with Gasteiger partial charge in [0.25, 0.3) is 5.91 Å². The number of nitrogens with one attached hydrogen (secondary N) is 2. The number of hydrogen-bond acceptors (Lipinski definition) is 5. The van der Waals surface area contributed by atoms with E-state index in [-0.39, 0.29) is 29.3 Å². The normalized spacial score (nSPS) is 24.9. The van der Waals surface area contributed by atoms with Crippen LogP contribution in [0.5, 0.6) is 0 Å². The molecule has 2 fully saturated rings. The number of carbonyl (C=O) groups is 2.